The summed E-state index contributed by atoms with van der Waals surface area (Å²) >= 11 is 5.96. The minimum Gasteiger partial charge on any atom is -0.451 e. The van der Waals surface area contributed by atoms with E-state index in [2.05, 4.69) is 10.6 Å². The number of esters is 1. The number of nitrogens with one attached hydrogen (secondary N) is 2. The molecule has 2 amide bonds. The van der Waals surface area contributed by atoms with Crippen molar-refractivity contribution in [2.45, 2.75) is 26.0 Å². The molecule has 0 saturated heterocycles. The van der Waals surface area contributed by atoms with Crippen LogP contribution in [0.2, 0.25) is 5.02 Å². The molecule has 0 saturated carbocycles. The molecule has 0 aliphatic heterocycles. The van der Waals surface area contributed by atoms with Gasteiger partial charge in [-0.2, -0.15) is 5.26 Å². The first-order valence-corrected chi connectivity index (χ1v) is 8.76. The van der Waals surface area contributed by atoms with Crippen molar-refractivity contribution in [2.24, 2.45) is 0 Å². The molecular weight excluding hydrogens is 382 g/mol. The van der Waals surface area contributed by atoms with Crippen LogP contribution in [0.25, 0.3) is 0 Å². The number of amides is 2. The summed E-state index contributed by atoms with van der Waals surface area (Å²) in [5.41, 5.74) is 1.16. The summed E-state index contributed by atoms with van der Waals surface area (Å²) in [7, 11) is 0. The summed E-state index contributed by atoms with van der Waals surface area (Å²) in [6, 6.07) is 13.7. The van der Waals surface area contributed by atoms with Gasteiger partial charge in [0.25, 0.3) is 11.8 Å². The van der Waals surface area contributed by atoms with Gasteiger partial charge in [-0.15, -0.1) is 0 Å². The number of rotatable bonds is 6. The molecule has 2 aromatic carbocycles. The number of hydrogen-bond acceptors (Lipinski definition) is 5. The molecule has 28 heavy (non-hydrogen) atoms. The van der Waals surface area contributed by atoms with E-state index >= 15 is 0 Å². The number of halogens is 1. The zero-order chi connectivity index (χ0) is 20.7. The molecule has 8 heteroatoms. The summed E-state index contributed by atoms with van der Waals surface area (Å²) in [4.78, 5) is 36.5. The van der Waals surface area contributed by atoms with Gasteiger partial charge in [0.15, 0.2) is 6.10 Å². The zero-order valence-corrected chi connectivity index (χ0v) is 16.0. The molecule has 0 spiro atoms. The van der Waals surface area contributed by atoms with Crippen LogP contribution in [0.3, 0.4) is 0 Å². The topological polar surface area (TPSA) is 108 Å². The Bertz CT molecular complexity index is 922. The van der Waals surface area contributed by atoms with Gasteiger partial charge >= 0.3 is 5.97 Å². The molecule has 7 nitrogen and oxygen atoms in total. The molecule has 0 aliphatic carbocycles. The molecule has 0 aliphatic rings. The van der Waals surface area contributed by atoms with Crippen LogP contribution in [0.15, 0.2) is 48.5 Å². The first-order chi connectivity index (χ1) is 13.3. The van der Waals surface area contributed by atoms with Crippen LogP contribution in [0.5, 0.6) is 0 Å². The van der Waals surface area contributed by atoms with Gasteiger partial charge in [-0.3, -0.25) is 9.59 Å². The third kappa shape index (κ3) is 5.56. The predicted octanol–water partition coefficient (Wildman–Crippen LogP) is 2.90. The first-order valence-electron chi connectivity index (χ1n) is 8.38. The Kier molecular flexibility index (Phi) is 7.13. The van der Waals surface area contributed by atoms with E-state index in [4.69, 9.17) is 21.6 Å². The minimum atomic E-state index is -1.08. The third-order valence-corrected chi connectivity index (χ3v) is 4.09. The number of nitriles is 1. The molecule has 144 valence electrons. The maximum absolute atomic E-state index is 12.2. The highest BCUT2D eigenvalue weighted by Gasteiger charge is 2.24. The van der Waals surface area contributed by atoms with E-state index in [9.17, 15) is 14.4 Å². The molecule has 0 heterocycles. The number of benzene rings is 2. The van der Waals surface area contributed by atoms with Crippen LogP contribution in [-0.2, 0) is 14.3 Å². The molecular formula is C20H18ClN3O4. The lowest BCUT2D eigenvalue weighted by molar-refractivity contribution is -0.154. The lowest BCUT2D eigenvalue weighted by Crippen LogP contribution is -2.42. The lowest BCUT2D eigenvalue weighted by Gasteiger charge is -2.18. The maximum atomic E-state index is 12.2. The second-order valence-corrected chi connectivity index (χ2v) is 6.34. The van der Waals surface area contributed by atoms with Crippen LogP contribution < -0.4 is 10.6 Å². The largest absolute Gasteiger partial charge is 0.451 e. The maximum Gasteiger partial charge on any atom is 0.329 e. The minimum absolute atomic E-state index is 0.232. The molecule has 2 atom stereocenters. The molecule has 0 bridgehead atoms. The van der Waals surface area contributed by atoms with E-state index in [1.807, 2.05) is 6.07 Å². The highest BCUT2D eigenvalue weighted by atomic mass is 35.5. The fourth-order valence-corrected chi connectivity index (χ4v) is 2.40. The fourth-order valence-electron chi connectivity index (χ4n) is 2.18. The van der Waals surface area contributed by atoms with Crippen molar-refractivity contribution in [1.29, 1.82) is 5.26 Å². The molecule has 0 fully saturated rings. The zero-order valence-electron chi connectivity index (χ0n) is 15.2. The van der Waals surface area contributed by atoms with E-state index in [1.165, 1.54) is 19.9 Å². The van der Waals surface area contributed by atoms with Crippen molar-refractivity contribution in [3.05, 3.63) is 64.7 Å². The van der Waals surface area contributed by atoms with Crippen molar-refractivity contribution in [3.8, 4) is 6.07 Å². The van der Waals surface area contributed by atoms with Crippen LogP contribution in [0.1, 0.15) is 29.8 Å². The second kappa shape index (κ2) is 9.53. The Morgan fingerprint density at radius 1 is 1.07 bits per heavy atom. The summed E-state index contributed by atoms with van der Waals surface area (Å²) in [6.07, 6.45) is -1.08. The quantitative estimate of drug-likeness (QED) is 0.726. The monoisotopic (exact) mass is 399 g/mol. The predicted molar refractivity (Wildman–Crippen MR) is 104 cm³/mol. The SMILES string of the molecule is C[C@H](NC(=O)c1ccccc1Cl)C(=O)O[C@@H](C)C(=O)Nc1ccc(C#N)cc1. The number of carbonyl (C=O) groups excluding carboxylic acids is 3. The van der Waals surface area contributed by atoms with E-state index in [1.54, 1.807) is 42.5 Å². The van der Waals surface area contributed by atoms with Gasteiger partial charge in [-0.05, 0) is 50.2 Å². The molecule has 0 radical (unpaired) electrons. The van der Waals surface area contributed by atoms with Gasteiger partial charge in [0, 0.05) is 5.69 Å². The first kappa shape index (κ1) is 20.9. The van der Waals surface area contributed by atoms with E-state index in [0.29, 0.717) is 11.3 Å². The van der Waals surface area contributed by atoms with Gasteiger partial charge in [-0.25, -0.2) is 4.79 Å². The van der Waals surface area contributed by atoms with Crippen molar-refractivity contribution < 1.29 is 19.1 Å². The van der Waals surface area contributed by atoms with Crippen LogP contribution in [0.4, 0.5) is 5.69 Å². The summed E-state index contributed by atoms with van der Waals surface area (Å²) < 4.78 is 5.11. The fraction of sp³-hybridized carbons (Fsp3) is 0.200. The lowest BCUT2D eigenvalue weighted by atomic mass is 10.2. The molecule has 0 unspecified atom stereocenters. The van der Waals surface area contributed by atoms with Crippen LogP contribution in [0, 0.1) is 11.3 Å². The van der Waals surface area contributed by atoms with Crippen molar-refractivity contribution in [1.82, 2.24) is 5.32 Å². The molecule has 0 aromatic heterocycles. The summed E-state index contributed by atoms with van der Waals surface area (Å²) in [5, 5.41) is 14.1. The number of carbonyl (C=O) groups is 3. The van der Waals surface area contributed by atoms with Gasteiger partial charge in [0.1, 0.15) is 6.04 Å². The number of hydrogen-bond donors (Lipinski definition) is 2. The van der Waals surface area contributed by atoms with Crippen LogP contribution in [-0.4, -0.2) is 29.9 Å². The number of anilines is 1. The third-order valence-electron chi connectivity index (χ3n) is 3.76. The standard InChI is InChI=1S/C20H18ClN3O4/c1-12(23-19(26)16-5-3-4-6-17(16)21)20(27)28-13(2)18(25)24-15-9-7-14(11-22)8-10-15/h3-10,12-13H,1-2H3,(H,23,26)(H,24,25)/t12-,13-/m0/s1. The normalized spacial score (nSPS) is 12.2. The number of ether oxygens (including phenoxy) is 1. The van der Waals surface area contributed by atoms with Crippen molar-refractivity contribution in [3.63, 3.8) is 0 Å². The highest BCUT2D eigenvalue weighted by Crippen LogP contribution is 2.15. The van der Waals surface area contributed by atoms with Gasteiger partial charge in [-0.1, -0.05) is 23.7 Å². The summed E-state index contributed by atoms with van der Waals surface area (Å²) in [6.45, 7) is 2.86. The average molecular weight is 400 g/mol. The van der Waals surface area contributed by atoms with E-state index in [-0.39, 0.29) is 10.6 Å². The highest BCUT2D eigenvalue weighted by molar-refractivity contribution is 6.33. The molecule has 2 aromatic rings. The Hall–Kier alpha value is -3.37. The Balaban J connectivity index is 1.89. The van der Waals surface area contributed by atoms with Gasteiger partial charge < -0.3 is 15.4 Å². The molecule has 2 N–H and O–H groups in total. The van der Waals surface area contributed by atoms with Gasteiger partial charge in [0.05, 0.1) is 22.2 Å². The van der Waals surface area contributed by atoms with E-state index in [0.717, 1.165) is 0 Å². The Labute approximate surface area is 167 Å². The van der Waals surface area contributed by atoms with Crippen molar-refractivity contribution in [2.75, 3.05) is 5.32 Å². The van der Waals surface area contributed by atoms with Crippen molar-refractivity contribution >= 4 is 35.1 Å². The van der Waals surface area contributed by atoms with Gasteiger partial charge in [0.2, 0.25) is 0 Å². The average Bonchev–Trinajstić information content (AvgIpc) is 2.68. The Morgan fingerprint density at radius 2 is 1.71 bits per heavy atom. The summed E-state index contributed by atoms with van der Waals surface area (Å²) in [5.74, 6) is -1.82. The number of nitrogens with zero attached hydrogens (tertiary/aromatic N) is 1. The molecule has 2 rings (SSSR count). The van der Waals surface area contributed by atoms with E-state index < -0.39 is 29.9 Å². The smallest absolute Gasteiger partial charge is 0.329 e. The Morgan fingerprint density at radius 3 is 2.32 bits per heavy atom. The second-order valence-electron chi connectivity index (χ2n) is 5.93. The van der Waals surface area contributed by atoms with Crippen LogP contribution >= 0.6 is 11.6 Å².